The topological polar surface area (TPSA) is 92.4 Å². The van der Waals surface area contributed by atoms with E-state index < -0.39 is 6.03 Å². The van der Waals surface area contributed by atoms with E-state index in [0.29, 0.717) is 17.4 Å². The van der Waals surface area contributed by atoms with Crippen molar-refractivity contribution in [2.24, 2.45) is 10.7 Å². The molecule has 1 aromatic heterocycles. The fourth-order valence-electron chi connectivity index (χ4n) is 1.04. The molecule has 0 spiro atoms. The van der Waals surface area contributed by atoms with E-state index in [0.717, 1.165) is 6.42 Å². The molecule has 92 valence electrons. The standard InChI is InChI=1S/C10H14ClN5O/c1-2-5-14-10(16-9(12)17)15-8-7(11)4-3-6-13-8/h3-4,6H,2,5H2,1H3,(H4,12,13,14,15,16,17). The number of primary amides is 1. The average molecular weight is 256 g/mol. The third-order valence-corrected chi connectivity index (χ3v) is 2.04. The number of urea groups is 1. The van der Waals surface area contributed by atoms with Crippen LogP contribution in [0.25, 0.3) is 0 Å². The number of nitrogens with two attached hydrogens (primary N) is 1. The summed E-state index contributed by atoms with van der Waals surface area (Å²) in [6, 6.07) is 2.69. The van der Waals surface area contributed by atoms with Gasteiger partial charge in [-0.2, -0.15) is 0 Å². The van der Waals surface area contributed by atoms with Gasteiger partial charge in [-0.25, -0.2) is 9.78 Å². The van der Waals surface area contributed by atoms with E-state index in [2.05, 4.69) is 20.6 Å². The fourth-order valence-corrected chi connectivity index (χ4v) is 1.21. The Morgan fingerprint density at radius 1 is 1.65 bits per heavy atom. The van der Waals surface area contributed by atoms with Crippen molar-refractivity contribution in [3.05, 3.63) is 23.4 Å². The zero-order valence-corrected chi connectivity index (χ0v) is 10.2. The molecule has 0 bridgehead atoms. The van der Waals surface area contributed by atoms with Gasteiger partial charge in [0.15, 0.2) is 5.82 Å². The quantitative estimate of drug-likeness (QED) is 0.566. The SMILES string of the molecule is CCCN=C(NC(N)=O)Nc1ncccc1Cl. The van der Waals surface area contributed by atoms with Crippen LogP contribution in [-0.4, -0.2) is 23.5 Å². The van der Waals surface area contributed by atoms with Crippen molar-refractivity contribution >= 4 is 29.4 Å². The number of halogens is 1. The molecule has 6 nitrogen and oxygen atoms in total. The zero-order valence-electron chi connectivity index (χ0n) is 9.40. The summed E-state index contributed by atoms with van der Waals surface area (Å²) in [4.78, 5) is 18.9. The molecule has 0 atom stereocenters. The number of carbonyl (C=O) groups excluding carboxylic acids is 1. The second kappa shape index (κ2) is 6.70. The Hall–Kier alpha value is -1.82. The van der Waals surface area contributed by atoms with Crippen LogP contribution in [-0.2, 0) is 0 Å². The minimum atomic E-state index is -0.695. The Balaban J connectivity index is 2.79. The summed E-state index contributed by atoms with van der Waals surface area (Å²) >= 11 is 5.91. The van der Waals surface area contributed by atoms with Crippen LogP contribution in [0.2, 0.25) is 5.02 Å². The zero-order chi connectivity index (χ0) is 12.7. The van der Waals surface area contributed by atoms with Gasteiger partial charge in [0.05, 0.1) is 5.02 Å². The lowest BCUT2D eigenvalue weighted by molar-refractivity contribution is 0.253. The molecule has 1 heterocycles. The monoisotopic (exact) mass is 255 g/mol. The third kappa shape index (κ3) is 4.69. The van der Waals surface area contributed by atoms with Crippen molar-refractivity contribution in [2.45, 2.75) is 13.3 Å². The number of hydrogen-bond acceptors (Lipinski definition) is 3. The lowest BCUT2D eigenvalue weighted by atomic mass is 10.4. The first-order chi connectivity index (χ1) is 8.13. The molecule has 4 N–H and O–H groups in total. The summed E-state index contributed by atoms with van der Waals surface area (Å²) in [5.41, 5.74) is 5.03. The maximum absolute atomic E-state index is 10.8. The van der Waals surface area contributed by atoms with Crippen LogP contribution in [0.15, 0.2) is 23.3 Å². The molecule has 7 heteroatoms. The Kier molecular flexibility index (Phi) is 5.22. The average Bonchev–Trinajstić information content (AvgIpc) is 2.28. The number of amides is 2. The first kappa shape index (κ1) is 13.2. The minimum absolute atomic E-state index is 0.236. The molecule has 17 heavy (non-hydrogen) atoms. The number of guanidine groups is 1. The van der Waals surface area contributed by atoms with Gasteiger partial charge in [0.25, 0.3) is 0 Å². The number of carbonyl (C=O) groups is 1. The van der Waals surface area contributed by atoms with Crippen molar-refractivity contribution in [3.8, 4) is 0 Å². The van der Waals surface area contributed by atoms with Crippen LogP contribution in [0.4, 0.5) is 10.6 Å². The van der Waals surface area contributed by atoms with Crippen LogP contribution in [0, 0.1) is 0 Å². The van der Waals surface area contributed by atoms with Crippen LogP contribution in [0.3, 0.4) is 0 Å². The van der Waals surface area contributed by atoms with Crippen molar-refractivity contribution in [3.63, 3.8) is 0 Å². The molecular formula is C10H14ClN5O. The first-order valence-corrected chi connectivity index (χ1v) is 5.49. The Morgan fingerprint density at radius 2 is 2.41 bits per heavy atom. The van der Waals surface area contributed by atoms with E-state index in [9.17, 15) is 4.79 Å². The maximum atomic E-state index is 10.8. The van der Waals surface area contributed by atoms with Gasteiger partial charge < -0.3 is 11.1 Å². The predicted octanol–water partition coefficient (Wildman–Crippen LogP) is 1.58. The normalized spacial score (nSPS) is 11.1. The van der Waals surface area contributed by atoms with Crippen LogP contribution >= 0.6 is 11.6 Å². The van der Waals surface area contributed by atoms with Crippen LogP contribution < -0.4 is 16.4 Å². The van der Waals surface area contributed by atoms with Gasteiger partial charge in [-0.1, -0.05) is 18.5 Å². The van der Waals surface area contributed by atoms with E-state index in [1.165, 1.54) is 0 Å². The number of nitrogens with zero attached hydrogens (tertiary/aromatic N) is 2. The molecule has 0 radical (unpaired) electrons. The predicted molar refractivity (Wildman–Crippen MR) is 68.2 cm³/mol. The van der Waals surface area contributed by atoms with E-state index in [1.807, 2.05) is 6.92 Å². The van der Waals surface area contributed by atoms with Crippen molar-refractivity contribution < 1.29 is 4.79 Å². The lowest BCUT2D eigenvalue weighted by Gasteiger charge is -2.10. The highest BCUT2D eigenvalue weighted by Gasteiger charge is 2.06. The summed E-state index contributed by atoms with van der Waals surface area (Å²) in [5.74, 6) is 0.651. The van der Waals surface area contributed by atoms with Gasteiger partial charge in [0, 0.05) is 12.7 Å². The molecule has 0 aliphatic rings. The molecule has 0 saturated heterocycles. The highest BCUT2D eigenvalue weighted by atomic mass is 35.5. The summed E-state index contributed by atoms with van der Waals surface area (Å²) in [6.07, 6.45) is 2.43. The number of nitrogens with one attached hydrogen (secondary N) is 2. The summed E-state index contributed by atoms with van der Waals surface area (Å²) < 4.78 is 0. The van der Waals surface area contributed by atoms with E-state index in [4.69, 9.17) is 17.3 Å². The molecule has 0 aromatic carbocycles. The lowest BCUT2D eigenvalue weighted by Crippen LogP contribution is -2.39. The van der Waals surface area contributed by atoms with Gasteiger partial charge in [0.2, 0.25) is 5.96 Å². The highest BCUT2D eigenvalue weighted by molar-refractivity contribution is 6.33. The van der Waals surface area contributed by atoms with E-state index in [-0.39, 0.29) is 5.96 Å². The molecule has 0 fully saturated rings. The second-order valence-corrected chi connectivity index (χ2v) is 3.59. The van der Waals surface area contributed by atoms with Crippen LogP contribution in [0.1, 0.15) is 13.3 Å². The molecular weight excluding hydrogens is 242 g/mol. The number of aliphatic imine (C=N–C) groups is 1. The molecule has 0 unspecified atom stereocenters. The summed E-state index contributed by atoms with van der Waals surface area (Å²) in [6.45, 7) is 2.53. The molecule has 1 aromatic rings. The number of rotatable bonds is 3. The molecule has 0 saturated carbocycles. The molecule has 0 aliphatic heterocycles. The van der Waals surface area contributed by atoms with Crippen molar-refractivity contribution in [2.75, 3.05) is 11.9 Å². The van der Waals surface area contributed by atoms with Gasteiger partial charge in [-0.15, -0.1) is 0 Å². The molecule has 1 rings (SSSR count). The smallest absolute Gasteiger partial charge is 0.318 e. The van der Waals surface area contributed by atoms with Gasteiger partial charge in [0.1, 0.15) is 0 Å². The van der Waals surface area contributed by atoms with Crippen molar-refractivity contribution in [1.82, 2.24) is 10.3 Å². The Bertz CT molecular complexity index is 421. The van der Waals surface area contributed by atoms with E-state index >= 15 is 0 Å². The third-order valence-electron chi connectivity index (χ3n) is 1.73. The molecule has 2 amide bonds. The largest absolute Gasteiger partial charge is 0.351 e. The van der Waals surface area contributed by atoms with Gasteiger partial charge in [-0.3, -0.25) is 10.3 Å². The van der Waals surface area contributed by atoms with Gasteiger partial charge in [-0.05, 0) is 18.6 Å². The Labute approximate surface area is 104 Å². The van der Waals surface area contributed by atoms with Crippen molar-refractivity contribution in [1.29, 1.82) is 0 Å². The number of hydrogen-bond donors (Lipinski definition) is 3. The molecule has 0 aliphatic carbocycles. The summed E-state index contributed by atoms with van der Waals surface area (Å²) in [5, 5.41) is 5.61. The second-order valence-electron chi connectivity index (χ2n) is 3.18. The van der Waals surface area contributed by atoms with Gasteiger partial charge >= 0.3 is 6.03 Å². The number of anilines is 1. The summed E-state index contributed by atoms with van der Waals surface area (Å²) in [7, 11) is 0. The highest BCUT2D eigenvalue weighted by Crippen LogP contribution is 2.16. The number of aromatic nitrogens is 1. The maximum Gasteiger partial charge on any atom is 0.318 e. The van der Waals surface area contributed by atoms with Crippen LogP contribution in [0.5, 0.6) is 0 Å². The Morgan fingerprint density at radius 3 is 3.00 bits per heavy atom. The fraction of sp³-hybridized carbons (Fsp3) is 0.300. The van der Waals surface area contributed by atoms with E-state index in [1.54, 1.807) is 18.3 Å². The first-order valence-electron chi connectivity index (χ1n) is 5.12. The number of pyridine rings is 1. The minimum Gasteiger partial charge on any atom is -0.351 e.